The molecule has 0 atom stereocenters. The quantitative estimate of drug-likeness (QED) is 0.769. The topological polar surface area (TPSA) is 55.8 Å². The first-order chi connectivity index (χ1) is 11.2. The Morgan fingerprint density at radius 1 is 0.917 bits per heavy atom. The number of hydrogen-bond donors (Lipinski definition) is 0. The van der Waals surface area contributed by atoms with E-state index in [1.807, 2.05) is 0 Å². The molecule has 0 radical (unpaired) electrons. The lowest BCUT2D eigenvalue weighted by molar-refractivity contribution is 0.355. The van der Waals surface area contributed by atoms with Gasteiger partial charge in [0.25, 0.3) is 10.0 Å². The van der Waals surface area contributed by atoms with Crippen molar-refractivity contribution in [1.82, 2.24) is 0 Å². The zero-order valence-electron chi connectivity index (χ0n) is 13.0. The molecule has 0 bridgehead atoms. The molecular formula is C15H14F3NO4S. The van der Waals surface area contributed by atoms with Crippen molar-refractivity contribution in [2.45, 2.75) is 4.90 Å². The van der Waals surface area contributed by atoms with Gasteiger partial charge in [0, 0.05) is 13.1 Å². The average Bonchev–Trinajstić information content (AvgIpc) is 2.58. The van der Waals surface area contributed by atoms with Crippen LogP contribution in [0.3, 0.4) is 0 Å². The number of methoxy groups -OCH3 is 2. The van der Waals surface area contributed by atoms with Gasteiger partial charge in [0.15, 0.2) is 29.0 Å². The Balaban J connectivity index is 2.52. The van der Waals surface area contributed by atoms with Gasteiger partial charge in [-0.15, -0.1) is 0 Å². The van der Waals surface area contributed by atoms with Crippen molar-refractivity contribution in [3.05, 3.63) is 47.8 Å². The minimum atomic E-state index is -4.45. The fourth-order valence-corrected chi connectivity index (χ4v) is 3.26. The van der Waals surface area contributed by atoms with Gasteiger partial charge >= 0.3 is 0 Å². The second-order valence-corrected chi connectivity index (χ2v) is 6.62. The number of rotatable bonds is 5. The third kappa shape index (κ3) is 2.99. The lowest BCUT2D eigenvalue weighted by Crippen LogP contribution is -2.27. The maximum Gasteiger partial charge on any atom is 0.267 e. The van der Waals surface area contributed by atoms with Crippen LogP contribution in [0.5, 0.6) is 11.5 Å². The molecule has 0 saturated carbocycles. The molecule has 130 valence electrons. The van der Waals surface area contributed by atoms with Gasteiger partial charge in [0.1, 0.15) is 4.90 Å². The summed E-state index contributed by atoms with van der Waals surface area (Å²) in [6.07, 6.45) is 0. The molecule has 0 fully saturated rings. The summed E-state index contributed by atoms with van der Waals surface area (Å²) in [4.78, 5) is -0.973. The van der Waals surface area contributed by atoms with Gasteiger partial charge in [-0.1, -0.05) is 0 Å². The monoisotopic (exact) mass is 361 g/mol. The molecule has 24 heavy (non-hydrogen) atoms. The van der Waals surface area contributed by atoms with E-state index in [2.05, 4.69) is 0 Å². The number of sulfonamides is 1. The van der Waals surface area contributed by atoms with Crippen molar-refractivity contribution in [2.24, 2.45) is 0 Å². The van der Waals surface area contributed by atoms with Crippen LogP contribution in [0.2, 0.25) is 0 Å². The van der Waals surface area contributed by atoms with Crippen molar-refractivity contribution in [2.75, 3.05) is 25.6 Å². The molecule has 9 heteroatoms. The van der Waals surface area contributed by atoms with E-state index in [-0.39, 0.29) is 11.4 Å². The van der Waals surface area contributed by atoms with Crippen molar-refractivity contribution in [1.29, 1.82) is 0 Å². The summed E-state index contributed by atoms with van der Waals surface area (Å²) in [6.45, 7) is 0. The largest absolute Gasteiger partial charge is 0.493 e. The van der Waals surface area contributed by atoms with Gasteiger partial charge in [0.2, 0.25) is 0 Å². The second kappa shape index (κ2) is 6.60. The van der Waals surface area contributed by atoms with Crippen molar-refractivity contribution < 1.29 is 31.1 Å². The van der Waals surface area contributed by atoms with E-state index in [9.17, 15) is 21.6 Å². The van der Waals surface area contributed by atoms with Gasteiger partial charge in [-0.25, -0.2) is 21.6 Å². The van der Waals surface area contributed by atoms with E-state index in [0.29, 0.717) is 17.9 Å². The fraction of sp³-hybridized carbons (Fsp3) is 0.200. The summed E-state index contributed by atoms with van der Waals surface area (Å²) in [5.74, 6) is -4.48. The molecule has 0 aromatic heterocycles. The Morgan fingerprint density at radius 3 is 2.12 bits per heavy atom. The first-order valence-electron chi connectivity index (χ1n) is 6.58. The van der Waals surface area contributed by atoms with Crippen molar-refractivity contribution in [3.63, 3.8) is 0 Å². The van der Waals surface area contributed by atoms with Crippen LogP contribution in [-0.4, -0.2) is 29.7 Å². The zero-order valence-corrected chi connectivity index (χ0v) is 13.8. The van der Waals surface area contributed by atoms with E-state index in [1.165, 1.54) is 32.4 Å². The van der Waals surface area contributed by atoms with Crippen LogP contribution in [-0.2, 0) is 10.0 Å². The number of halogens is 3. The highest BCUT2D eigenvalue weighted by Gasteiger charge is 2.28. The highest BCUT2D eigenvalue weighted by atomic mass is 32.2. The van der Waals surface area contributed by atoms with Crippen molar-refractivity contribution >= 4 is 15.7 Å². The third-order valence-electron chi connectivity index (χ3n) is 3.37. The van der Waals surface area contributed by atoms with E-state index in [0.717, 1.165) is 11.4 Å². The first kappa shape index (κ1) is 17.9. The molecule has 0 heterocycles. The number of nitrogens with zero attached hydrogens (tertiary/aromatic N) is 1. The minimum Gasteiger partial charge on any atom is -0.493 e. The third-order valence-corrected chi connectivity index (χ3v) is 5.17. The van der Waals surface area contributed by atoms with Gasteiger partial charge < -0.3 is 9.47 Å². The molecule has 0 aliphatic heterocycles. The fourth-order valence-electron chi connectivity index (χ4n) is 2.01. The van der Waals surface area contributed by atoms with E-state index >= 15 is 0 Å². The summed E-state index contributed by atoms with van der Waals surface area (Å²) in [7, 11) is -0.524. The number of benzene rings is 2. The van der Waals surface area contributed by atoms with Crippen LogP contribution in [0.15, 0.2) is 35.2 Å². The molecule has 0 aliphatic carbocycles. The smallest absolute Gasteiger partial charge is 0.267 e. The summed E-state index contributed by atoms with van der Waals surface area (Å²) in [5, 5.41) is 0. The molecule has 0 N–H and O–H groups in total. The average molecular weight is 361 g/mol. The Hall–Kier alpha value is -2.42. The molecule has 0 amide bonds. The van der Waals surface area contributed by atoms with Gasteiger partial charge in [-0.3, -0.25) is 4.31 Å². The molecule has 2 aromatic carbocycles. The predicted octanol–water partition coefficient (Wildman–Crippen LogP) is 2.95. The number of ether oxygens (including phenoxy) is 2. The summed E-state index contributed by atoms with van der Waals surface area (Å²) in [6, 6.07) is 5.43. The predicted molar refractivity (Wildman–Crippen MR) is 81.5 cm³/mol. The molecule has 0 aliphatic rings. The highest BCUT2D eigenvalue weighted by Crippen LogP contribution is 2.33. The van der Waals surface area contributed by atoms with Crippen LogP contribution in [0.25, 0.3) is 0 Å². The molecule has 2 rings (SSSR count). The van der Waals surface area contributed by atoms with E-state index in [1.54, 1.807) is 0 Å². The Bertz CT molecular complexity index is 871. The Labute approximate surface area is 137 Å². The molecule has 5 nitrogen and oxygen atoms in total. The van der Waals surface area contributed by atoms with E-state index < -0.39 is 32.4 Å². The highest BCUT2D eigenvalue weighted by molar-refractivity contribution is 7.92. The van der Waals surface area contributed by atoms with Crippen LogP contribution in [0.4, 0.5) is 18.9 Å². The van der Waals surface area contributed by atoms with Gasteiger partial charge in [0.05, 0.1) is 19.9 Å². The van der Waals surface area contributed by atoms with E-state index in [4.69, 9.17) is 9.47 Å². The standard InChI is InChI=1S/C15H14F3NO4S/c1-19(9-4-6-11(22-2)12(8-9)23-3)24(20,21)13-7-5-10(16)14(17)15(13)18/h4-8H,1-3H3. The normalized spacial score (nSPS) is 11.2. The van der Waals surface area contributed by atoms with Gasteiger partial charge in [-0.05, 0) is 24.3 Å². The summed E-state index contributed by atoms with van der Waals surface area (Å²) < 4.78 is 76.0. The zero-order chi connectivity index (χ0) is 18.1. The van der Waals surface area contributed by atoms with Crippen LogP contribution in [0, 0.1) is 17.5 Å². The first-order valence-corrected chi connectivity index (χ1v) is 8.02. The van der Waals surface area contributed by atoms with Crippen LogP contribution >= 0.6 is 0 Å². The second-order valence-electron chi connectivity index (χ2n) is 4.69. The molecular weight excluding hydrogens is 347 g/mol. The molecule has 2 aromatic rings. The Kier molecular flexibility index (Phi) is 4.93. The molecule has 0 saturated heterocycles. The maximum absolute atomic E-state index is 13.8. The SMILES string of the molecule is COc1ccc(N(C)S(=O)(=O)c2ccc(F)c(F)c2F)cc1OC. The van der Waals surface area contributed by atoms with Crippen molar-refractivity contribution in [3.8, 4) is 11.5 Å². The van der Waals surface area contributed by atoms with Crippen LogP contribution < -0.4 is 13.8 Å². The summed E-state index contributed by atoms with van der Waals surface area (Å²) >= 11 is 0. The number of anilines is 1. The number of hydrogen-bond acceptors (Lipinski definition) is 4. The van der Waals surface area contributed by atoms with Gasteiger partial charge in [-0.2, -0.15) is 0 Å². The maximum atomic E-state index is 13.8. The Morgan fingerprint density at radius 2 is 1.54 bits per heavy atom. The lowest BCUT2D eigenvalue weighted by atomic mass is 10.3. The summed E-state index contributed by atoms with van der Waals surface area (Å²) in [5.41, 5.74) is 0.122. The molecule has 0 spiro atoms. The minimum absolute atomic E-state index is 0.122. The molecule has 0 unspecified atom stereocenters. The van der Waals surface area contributed by atoms with Crippen LogP contribution in [0.1, 0.15) is 0 Å². The lowest BCUT2D eigenvalue weighted by Gasteiger charge is -2.21.